The van der Waals surface area contributed by atoms with Gasteiger partial charge in [-0.05, 0) is 48.8 Å². The average molecular weight is 406 g/mol. The van der Waals surface area contributed by atoms with Crippen molar-refractivity contribution in [2.45, 2.75) is 52.3 Å². The van der Waals surface area contributed by atoms with Gasteiger partial charge in [-0.1, -0.05) is 65.6 Å². The summed E-state index contributed by atoms with van der Waals surface area (Å²) in [5.41, 5.74) is 1.69. The molecule has 0 fully saturated rings. The molecule has 3 heteroatoms. The Bertz CT molecular complexity index is 423. The van der Waals surface area contributed by atoms with Crippen molar-refractivity contribution in [1.29, 1.82) is 0 Å². The predicted octanol–water partition coefficient (Wildman–Crippen LogP) is 6.75. The van der Waals surface area contributed by atoms with Gasteiger partial charge in [-0.2, -0.15) is 0 Å². The van der Waals surface area contributed by atoms with Gasteiger partial charge in [-0.25, -0.2) is 0 Å². The van der Waals surface area contributed by atoms with Crippen molar-refractivity contribution in [2.75, 3.05) is 6.61 Å². The number of alkyl halides is 1. The van der Waals surface area contributed by atoms with Crippen LogP contribution in [0.25, 0.3) is 0 Å². The van der Waals surface area contributed by atoms with E-state index in [0.29, 0.717) is 22.8 Å². The number of hydrogen-bond donors (Lipinski definition) is 0. The van der Waals surface area contributed by atoms with Crippen molar-refractivity contribution in [3.8, 4) is 5.75 Å². The molecular formula is C17H26Br2O. The fraction of sp³-hybridized carbons (Fsp3) is 0.647. The Morgan fingerprint density at radius 2 is 1.90 bits per heavy atom. The molecule has 0 amide bonds. The Morgan fingerprint density at radius 3 is 2.40 bits per heavy atom. The van der Waals surface area contributed by atoms with Crippen molar-refractivity contribution in [3.05, 3.63) is 28.2 Å². The van der Waals surface area contributed by atoms with Crippen LogP contribution < -0.4 is 4.74 Å². The van der Waals surface area contributed by atoms with E-state index in [1.165, 1.54) is 12.0 Å². The molecule has 20 heavy (non-hydrogen) atoms. The molecule has 2 atom stereocenters. The summed E-state index contributed by atoms with van der Waals surface area (Å²) in [5, 5.41) is 0. The molecule has 0 saturated carbocycles. The summed E-state index contributed by atoms with van der Waals surface area (Å²) in [7, 11) is 0. The van der Waals surface area contributed by atoms with Crippen LogP contribution >= 0.6 is 31.9 Å². The molecule has 1 rings (SSSR count). The van der Waals surface area contributed by atoms with Gasteiger partial charge < -0.3 is 4.74 Å². The first kappa shape index (κ1) is 18.0. The van der Waals surface area contributed by atoms with Crippen LogP contribution in [0.2, 0.25) is 0 Å². The van der Waals surface area contributed by atoms with Gasteiger partial charge in [0.05, 0.1) is 6.61 Å². The minimum Gasteiger partial charge on any atom is -0.494 e. The fourth-order valence-corrected chi connectivity index (χ4v) is 4.61. The van der Waals surface area contributed by atoms with Gasteiger partial charge >= 0.3 is 0 Å². The third-order valence-electron chi connectivity index (χ3n) is 3.19. The van der Waals surface area contributed by atoms with Gasteiger partial charge in [0.25, 0.3) is 0 Å². The quantitative estimate of drug-likeness (QED) is 0.475. The van der Waals surface area contributed by atoms with E-state index in [2.05, 4.69) is 71.7 Å². The molecule has 1 aromatic rings. The summed E-state index contributed by atoms with van der Waals surface area (Å²) >= 11 is 7.50. The van der Waals surface area contributed by atoms with Crippen molar-refractivity contribution >= 4 is 31.9 Å². The van der Waals surface area contributed by atoms with Crippen molar-refractivity contribution in [2.24, 2.45) is 11.3 Å². The van der Waals surface area contributed by atoms with Crippen LogP contribution in [0.15, 0.2) is 22.7 Å². The zero-order valence-corrected chi connectivity index (χ0v) is 16.3. The lowest BCUT2D eigenvalue weighted by molar-refractivity contribution is 0.296. The van der Waals surface area contributed by atoms with Crippen molar-refractivity contribution < 1.29 is 4.74 Å². The Labute approximate surface area is 140 Å². The first-order chi connectivity index (χ1) is 9.23. The second-order valence-electron chi connectivity index (χ2n) is 6.69. The molecule has 1 aromatic carbocycles. The second kappa shape index (κ2) is 7.84. The Hall–Kier alpha value is -0.0200. The number of halogens is 2. The smallest absolute Gasteiger partial charge is 0.120 e. The summed E-state index contributed by atoms with van der Waals surface area (Å²) in [6.07, 6.45) is 2.38. The SMILES string of the molecule is CCOc1ccc(C(Br)CC(C)CC(C)(C)C)c(Br)c1. The van der Waals surface area contributed by atoms with E-state index in [1.807, 2.05) is 13.0 Å². The molecule has 0 aliphatic carbocycles. The van der Waals surface area contributed by atoms with Gasteiger partial charge in [0.2, 0.25) is 0 Å². The first-order valence-corrected chi connectivity index (χ1v) is 9.00. The van der Waals surface area contributed by atoms with Gasteiger partial charge in [0.1, 0.15) is 5.75 Å². The topological polar surface area (TPSA) is 9.23 Å². The standard InChI is InChI=1S/C17H26Br2O/c1-6-20-13-7-8-14(16(19)10-13)15(18)9-12(2)11-17(3,4)5/h7-8,10,12,15H,6,9,11H2,1-5H3. The molecule has 0 aliphatic rings. The third-order valence-corrected chi connectivity index (χ3v) is 4.74. The molecule has 0 bridgehead atoms. The Morgan fingerprint density at radius 1 is 1.25 bits per heavy atom. The Balaban J connectivity index is 2.70. The average Bonchev–Trinajstić information content (AvgIpc) is 2.26. The molecule has 1 nitrogen and oxygen atoms in total. The lowest BCUT2D eigenvalue weighted by Crippen LogP contribution is -2.12. The largest absolute Gasteiger partial charge is 0.494 e. The van der Waals surface area contributed by atoms with Crippen LogP contribution in [-0.4, -0.2) is 6.61 Å². The molecular weight excluding hydrogens is 380 g/mol. The zero-order chi connectivity index (χ0) is 15.3. The number of benzene rings is 1. The van der Waals surface area contributed by atoms with Gasteiger partial charge in [-0.15, -0.1) is 0 Å². The van der Waals surface area contributed by atoms with Crippen LogP contribution in [0.1, 0.15) is 57.9 Å². The lowest BCUT2D eigenvalue weighted by atomic mass is 9.83. The van der Waals surface area contributed by atoms with Crippen molar-refractivity contribution in [1.82, 2.24) is 0 Å². The molecule has 0 spiro atoms. The Kier molecular flexibility index (Phi) is 7.07. The monoisotopic (exact) mass is 404 g/mol. The van der Waals surface area contributed by atoms with Crippen LogP contribution in [0, 0.1) is 11.3 Å². The van der Waals surface area contributed by atoms with E-state index in [-0.39, 0.29) is 0 Å². The van der Waals surface area contributed by atoms with Gasteiger partial charge in [-0.3, -0.25) is 0 Å². The molecule has 0 heterocycles. The highest BCUT2D eigenvalue weighted by Crippen LogP contribution is 2.38. The molecule has 0 radical (unpaired) electrons. The van der Waals surface area contributed by atoms with E-state index in [4.69, 9.17) is 4.74 Å². The van der Waals surface area contributed by atoms with E-state index in [9.17, 15) is 0 Å². The summed E-state index contributed by atoms with van der Waals surface area (Å²) in [6, 6.07) is 6.26. The molecule has 0 saturated heterocycles. The maximum absolute atomic E-state index is 5.52. The highest BCUT2D eigenvalue weighted by atomic mass is 79.9. The molecule has 114 valence electrons. The number of hydrogen-bond acceptors (Lipinski definition) is 1. The van der Waals surface area contributed by atoms with Gasteiger partial charge in [0, 0.05) is 9.30 Å². The summed E-state index contributed by atoms with van der Waals surface area (Å²) in [5.74, 6) is 1.61. The fourth-order valence-electron chi connectivity index (χ4n) is 2.63. The third kappa shape index (κ3) is 6.17. The predicted molar refractivity (Wildman–Crippen MR) is 94.8 cm³/mol. The zero-order valence-electron chi connectivity index (χ0n) is 13.2. The molecule has 2 unspecified atom stereocenters. The summed E-state index contributed by atoms with van der Waals surface area (Å²) < 4.78 is 6.64. The summed E-state index contributed by atoms with van der Waals surface area (Å²) in [4.78, 5) is 0.380. The van der Waals surface area contributed by atoms with Crippen molar-refractivity contribution in [3.63, 3.8) is 0 Å². The minimum atomic E-state index is 0.380. The van der Waals surface area contributed by atoms with Gasteiger partial charge in [0.15, 0.2) is 0 Å². The van der Waals surface area contributed by atoms with E-state index in [0.717, 1.165) is 16.6 Å². The molecule has 0 aromatic heterocycles. The van der Waals surface area contributed by atoms with Crippen LogP contribution in [0.3, 0.4) is 0 Å². The first-order valence-electron chi connectivity index (χ1n) is 7.29. The second-order valence-corrected chi connectivity index (χ2v) is 8.65. The van der Waals surface area contributed by atoms with E-state index in [1.54, 1.807) is 0 Å². The molecule has 0 N–H and O–H groups in total. The number of ether oxygens (including phenoxy) is 1. The maximum Gasteiger partial charge on any atom is 0.120 e. The van der Waals surface area contributed by atoms with Crippen LogP contribution in [0.5, 0.6) is 5.75 Å². The minimum absolute atomic E-state index is 0.380. The lowest BCUT2D eigenvalue weighted by Gasteiger charge is -2.25. The molecule has 0 aliphatic heterocycles. The highest BCUT2D eigenvalue weighted by molar-refractivity contribution is 9.11. The summed E-state index contributed by atoms with van der Waals surface area (Å²) in [6.45, 7) is 12.0. The van der Waals surface area contributed by atoms with Crippen LogP contribution in [-0.2, 0) is 0 Å². The van der Waals surface area contributed by atoms with Crippen LogP contribution in [0.4, 0.5) is 0 Å². The normalized spacial score (nSPS) is 14.9. The number of rotatable bonds is 6. The maximum atomic E-state index is 5.52. The van der Waals surface area contributed by atoms with E-state index >= 15 is 0 Å². The van der Waals surface area contributed by atoms with E-state index < -0.39 is 0 Å². The highest BCUT2D eigenvalue weighted by Gasteiger charge is 2.20.